The second kappa shape index (κ2) is 12.9. The van der Waals surface area contributed by atoms with Gasteiger partial charge < -0.3 is 13.9 Å². The average molecular weight is 246 g/mol. The van der Waals surface area contributed by atoms with Gasteiger partial charge in [0.2, 0.25) is 0 Å². The van der Waals surface area contributed by atoms with Gasteiger partial charge in [-0.25, -0.2) is 0 Å². The molecule has 0 aliphatic carbocycles. The van der Waals surface area contributed by atoms with Gasteiger partial charge in [0.05, 0.1) is 0 Å². The molecule has 96 valence electrons. The highest BCUT2D eigenvalue weighted by Gasteiger charge is 2.05. The molecule has 0 aliphatic heterocycles. The van der Waals surface area contributed by atoms with E-state index in [0.29, 0.717) is 0 Å². The van der Waals surface area contributed by atoms with Crippen LogP contribution < -0.4 is 0 Å². The van der Waals surface area contributed by atoms with Crippen LogP contribution in [0.25, 0.3) is 0 Å². The van der Waals surface area contributed by atoms with E-state index < -0.39 is 9.76 Å². The van der Waals surface area contributed by atoms with Crippen LogP contribution in [0.1, 0.15) is 38.5 Å². The van der Waals surface area contributed by atoms with Crippen molar-refractivity contribution in [2.45, 2.75) is 44.8 Å². The second-order valence-corrected chi connectivity index (χ2v) is 5.08. The van der Waals surface area contributed by atoms with Crippen LogP contribution in [-0.2, 0) is 13.9 Å². The molecule has 0 radical (unpaired) electrons. The molecule has 0 aromatic rings. The van der Waals surface area contributed by atoms with Crippen molar-refractivity contribution in [2.75, 3.05) is 20.8 Å². The standard InChI is InChI=1S/C12H26O3Si/c1-4-16-15-12(14-3)10-8-6-5-7-9-11-13-2/h4,12H,1,5-11,16H2,2-3H3. The Labute approximate surface area is 102 Å². The molecule has 4 heteroatoms. The maximum Gasteiger partial charge on any atom is 0.188 e. The molecule has 0 saturated heterocycles. The number of rotatable bonds is 12. The first-order chi connectivity index (χ1) is 7.85. The lowest BCUT2D eigenvalue weighted by Gasteiger charge is -2.15. The van der Waals surface area contributed by atoms with Crippen molar-refractivity contribution in [2.24, 2.45) is 0 Å². The topological polar surface area (TPSA) is 27.7 Å². The normalized spacial score (nSPS) is 13.4. The van der Waals surface area contributed by atoms with Crippen molar-refractivity contribution in [3.05, 3.63) is 12.3 Å². The number of ether oxygens (including phenoxy) is 2. The Morgan fingerprint density at radius 2 is 1.81 bits per heavy atom. The molecule has 0 bridgehead atoms. The van der Waals surface area contributed by atoms with Gasteiger partial charge in [0, 0.05) is 20.8 Å². The van der Waals surface area contributed by atoms with E-state index in [1.165, 1.54) is 32.1 Å². The van der Waals surface area contributed by atoms with Gasteiger partial charge in [-0.2, -0.15) is 0 Å². The van der Waals surface area contributed by atoms with Gasteiger partial charge in [0.1, 0.15) is 6.29 Å². The van der Waals surface area contributed by atoms with E-state index in [-0.39, 0.29) is 6.29 Å². The zero-order valence-electron chi connectivity index (χ0n) is 10.7. The molecule has 0 saturated carbocycles. The Hall–Kier alpha value is -0.163. The van der Waals surface area contributed by atoms with Crippen LogP contribution in [0.3, 0.4) is 0 Å². The van der Waals surface area contributed by atoms with Gasteiger partial charge >= 0.3 is 0 Å². The first-order valence-corrected chi connectivity index (χ1v) is 7.48. The zero-order valence-corrected chi connectivity index (χ0v) is 12.2. The van der Waals surface area contributed by atoms with Crippen LogP contribution in [0.15, 0.2) is 12.3 Å². The summed E-state index contributed by atoms with van der Waals surface area (Å²) in [6.07, 6.45) is 7.13. The highest BCUT2D eigenvalue weighted by molar-refractivity contribution is 6.34. The fourth-order valence-electron chi connectivity index (χ4n) is 1.53. The molecule has 0 fully saturated rings. The lowest BCUT2D eigenvalue weighted by atomic mass is 10.1. The molecule has 0 aliphatic rings. The minimum absolute atomic E-state index is 0.0105. The van der Waals surface area contributed by atoms with Crippen LogP contribution >= 0.6 is 0 Å². The summed E-state index contributed by atoms with van der Waals surface area (Å²) in [5.74, 6) is 0. The predicted molar refractivity (Wildman–Crippen MR) is 70.2 cm³/mol. The summed E-state index contributed by atoms with van der Waals surface area (Å²) in [6, 6.07) is 0. The predicted octanol–water partition coefficient (Wildman–Crippen LogP) is 2.19. The molecular formula is C12H26O3Si. The minimum Gasteiger partial charge on any atom is -0.395 e. The largest absolute Gasteiger partial charge is 0.395 e. The van der Waals surface area contributed by atoms with E-state index in [0.717, 1.165) is 13.0 Å². The van der Waals surface area contributed by atoms with Crippen LogP contribution in [0.2, 0.25) is 0 Å². The zero-order chi connectivity index (χ0) is 12.1. The summed E-state index contributed by atoms with van der Waals surface area (Å²) >= 11 is 0. The molecule has 0 N–H and O–H groups in total. The molecule has 0 amide bonds. The number of unbranched alkanes of at least 4 members (excludes halogenated alkanes) is 4. The van der Waals surface area contributed by atoms with Crippen molar-refractivity contribution >= 4 is 9.76 Å². The van der Waals surface area contributed by atoms with Crippen LogP contribution in [0.5, 0.6) is 0 Å². The molecule has 0 aromatic heterocycles. The van der Waals surface area contributed by atoms with Gasteiger partial charge in [0.25, 0.3) is 0 Å². The molecule has 1 atom stereocenters. The quantitative estimate of drug-likeness (QED) is 0.300. The second-order valence-electron chi connectivity index (χ2n) is 3.84. The Balaban J connectivity index is 3.23. The Bertz CT molecular complexity index is 153. The number of hydrogen-bond acceptors (Lipinski definition) is 3. The van der Waals surface area contributed by atoms with E-state index >= 15 is 0 Å². The molecule has 1 unspecified atom stereocenters. The third-order valence-corrected chi connectivity index (χ3v) is 3.25. The van der Waals surface area contributed by atoms with Gasteiger partial charge in [-0.15, -0.1) is 6.58 Å². The van der Waals surface area contributed by atoms with Crippen LogP contribution in [0, 0.1) is 0 Å². The SMILES string of the molecule is C=C[SiH2]OC(CCCCCCCOC)OC. The summed E-state index contributed by atoms with van der Waals surface area (Å²) in [5.41, 5.74) is 1.89. The third-order valence-electron chi connectivity index (χ3n) is 2.45. The van der Waals surface area contributed by atoms with Crippen LogP contribution in [-0.4, -0.2) is 36.9 Å². The lowest BCUT2D eigenvalue weighted by molar-refractivity contribution is -0.0574. The Kier molecular flexibility index (Phi) is 12.8. The van der Waals surface area contributed by atoms with E-state index in [9.17, 15) is 0 Å². The molecule has 16 heavy (non-hydrogen) atoms. The van der Waals surface area contributed by atoms with Gasteiger partial charge in [0.15, 0.2) is 9.76 Å². The third kappa shape index (κ3) is 10.4. The molecule has 0 aromatic carbocycles. The minimum atomic E-state index is -0.565. The lowest BCUT2D eigenvalue weighted by Crippen LogP contribution is -2.16. The monoisotopic (exact) mass is 246 g/mol. The number of hydrogen-bond donors (Lipinski definition) is 0. The molecule has 3 nitrogen and oxygen atoms in total. The summed E-state index contributed by atoms with van der Waals surface area (Å²) in [6.45, 7) is 4.56. The molecule has 0 spiro atoms. The van der Waals surface area contributed by atoms with Crippen LogP contribution in [0.4, 0.5) is 0 Å². The van der Waals surface area contributed by atoms with E-state index in [2.05, 4.69) is 6.58 Å². The first-order valence-electron chi connectivity index (χ1n) is 6.09. The summed E-state index contributed by atoms with van der Waals surface area (Å²) in [4.78, 5) is 0. The Morgan fingerprint density at radius 1 is 1.12 bits per heavy atom. The van der Waals surface area contributed by atoms with Crippen molar-refractivity contribution in [1.82, 2.24) is 0 Å². The maximum atomic E-state index is 5.56. The van der Waals surface area contributed by atoms with Crippen molar-refractivity contribution < 1.29 is 13.9 Å². The smallest absolute Gasteiger partial charge is 0.188 e. The van der Waals surface area contributed by atoms with E-state index in [1.807, 2.05) is 5.70 Å². The number of methoxy groups -OCH3 is 2. The van der Waals surface area contributed by atoms with E-state index in [4.69, 9.17) is 13.9 Å². The molecule has 0 rings (SSSR count). The van der Waals surface area contributed by atoms with E-state index in [1.54, 1.807) is 14.2 Å². The van der Waals surface area contributed by atoms with Gasteiger partial charge in [-0.3, -0.25) is 0 Å². The summed E-state index contributed by atoms with van der Waals surface area (Å²) in [7, 11) is 2.90. The first kappa shape index (κ1) is 15.8. The van der Waals surface area contributed by atoms with Gasteiger partial charge in [-0.1, -0.05) is 25.0 Å². The highest BCUT2D eigenvalue weighted by atomic mass is 28.2. The van der Waals surface area contributed by atoms with Crippen molar-refractivity contribution in [3.63, 3.8) is 0 Å². The Morgan fingerprint density at radius 3 is 2.44 bits per heavy atom. The maximum absolute atomic E-state index is 5.56. The van der Waals surface area contributed by atoms with Crippen molar-refractivity contribution in [1.29, 1.82) is 0 Å². The summed E-state index contributed by atoms with van der Waals surface area (Å²) < 4.78 is 15.8. The molecule has 0 heterocycles. The fourth-order valence-corrected chi connectivity index (χ4v) is 2.19. The highest BCUT2D eigenvalue weighted by Crippen LogP contribution is 2.09. The summed E-state index contributed by atoms with van der Waals surface area (Å²) in [5, 5.41) is 0. The average Bonchev–Trinajstić information content (AvgIpc) is 2.32. The van der Waals surface area contributed by atoms with Crippen molar-refractivity contribution in [3.8, 4) is 0 Å². The fraction of sp³-hybridized carbons (Fsp3) is 0.833. The molecular weight excluding hydrogens is 220 g/mol. The van der Waals surface area contributed by atoms with Gasteiger partial charge in [-0.05, 0) is 19.3 Å².